The van der Waals surface area contributed by atoms with Crippen LogP contribution in [-0.2, 0) is 4.74 Å². The molecule has 0 unspecified atom stereocenters. The van der Waals surface area contributed by atoms with Gasteiger partial charge in [0.2, 0.25) is 0 Å². The molecule has 0 bridgehead atoms. The largest absolute Gasteiger partial charge is 0.504 e. The third kappa shape index (κ3) is 1.76. The molecule has 2 aromatic heterocycles. The smallest absolute Gasteiger partial charge is 0.378 e. The van der Waals surface area contributed by atoms with Crippen molar-refractivity contribution < 1.29 is 19.1 Å². The van der Waals surface area contributed by atoms with E-state index in [1.807, 2.05) is 0 Å². The van der Waals surface area contributed by atoms with Crippen LogP contribution in [0.2, 0.25) is 0 Å². The summed E-state index contributed by atoms with van der Waals surface area (Å²) in [5.41, 5.74) is 0.337. The summed E-state index contributed by atoms with van der Waals surface area (Å²) in [6, 6.07) is 1.57. The van der Waals surface area contributed by atoms with Gasteiger partial charge >= 0.3 is 5.97 Å². The second-order valence-corrected chi connectivity index (χ2v) is 3.82. The van der Waals surface area contributed by atoms with Crippen molar-refractivity contribution in [1.82, 2.24) is 4.98 Å². The monoisotopic (exact) mass is 285 g/mol. The fourth-order valence-electron chi connectivity index (χ4n) is 1.30. The highest BCUT2D eigenvalue weighted by Gasteiger charge is 2.21. The third-order valence-corrected chi connectivity index (χ3v) is 2.41. The normalized spacial score (nSPS) is 10.6. The fourth-order valence-corrected chi connectivity index (χ4v) is 1.63. The van der Waals surface area contributed by atoms with Gasteiger partial charge in [-0.2, -0.15) is 0 Å². The number of carbonyl (C=O) groups is 1. The van der Waals surface area contributed by atoms with E-state index in [0.29, 0.717) is 15.6 Å². The van der Waals surface area contributed by atoms with Gasteiger partial charge in [0, 0.05) is 0 Å². The second-order valence-electron chi connectivity index (χ2n) is 3.00. The minimum Gasteiger partial charge on any atom is -0.504 e. The molecule has 5 nitrogen and oxygen atoms in total. The van der Waals surface area contributed by atoms with E-state index in [9.17, 15) is 9.90 Å². The quantitative estimate of drug-likeness (QED) is 0.678. The molecule has 0 aliphatic carbocycles. The molecule has 0 radical (unpaired) electrons. The number of hydrogen-bond acceptors (Lipinski definition) is 5. The minimum atomic E-state index is -0.688. The number of aromatic nitrogens is 1. The molecule has 0 aromatic carbocycles. The zero-order valence-electron chi connectivity index (χ0n) is 8.36. The van der Waals surface area contributed by atoms with Gasteiger partial charge < -0.3 is 14.3 Å². The Morgan fingerprint density at radius 3 is 3.12 bits per heavy atom. The van der Waals surface area contributed by atoms with E-state index in [1.54, 1.807) is 13.0 Å². The van der Waals surface area contributed by atoms with Crippen molar-refractivity contribution in [2.24, 2.45) is 0 Å². The zero-order chi connectivity index (χ0) is 11.7. The van der Waals surface area contributed by atoms with Crippen molar-refractivity contribution in [3.8, 4) is 5.75 Å². The molecule has 0 atom stereocenters. The number of halogens is 1. The second kappa shape index (κ2) is 4.13. The first-order valence-electron chi connectivity index (χ1n) is 4.57. The lowest BCUT2D eigenvalue weighted by atomic mass is 10.3. The molecule has 0 saturated heterocycles. The SMILES string of the molecule is CCOC(=O)c1oc2cnc(Br)cc2c1O. The average Bonchev–Trinajstić information content (AvgIpc) is 2.57. The number of aromatic hydroxyl groups is 1. The van der Waals surface area contributed by atoms with Crippen LogP contribution >= 0.6 is 15.9 Å². The first kappa shape index (κ1) is 10.9. The third-order valence-electron chi connectivity index (χ3n) is 1.98. The van der Waals surface area contributed by atoms with Crippen LogP contribution in [0.4, 0.5) is 0 Å². The summed E-state index contributed by atoms with van der Waals surface area (Å²) in [5.74, 6) is -1.11. The number of pyridine rings is 1. The zero-order valence-corrected chi connectivity index (χ0v) is 9.94. The Kier molecular flexibility index (Phi) is 2.82. The molecule has 0 spiro atoms. The Bertz CT molecular complexity index is 549. The predicted molar refractivity (Wildman–Crippen MR) is 59.3 cm³/mol. The molecule has 16 heavy (non-hydrogen) atoms. The summed E-state index contributed by atoms with van der Waals surface area (Å²) >= 11 is 3.16. The van der Waals surface area contributed by atoms with Gasteiger partial charge in [-0.25, -0.2) is 9.78 Å². The number of nitrogens with zero attached hydrogens (tertiary/aromatic N) is 1. The molecule has 0 fully saturated rings. The van der Waals surface area contributed by atoms with Crippen molar-refractivity contribution in [2.75, 3.05) is 6.61 Å². The molecule has 6 heteroatoms. The van der Waals surface area contributed by atoms with Crippen molar-refractivity contribution in [3.05, 3.63) is 22.6 Å². The van der Waals surface area contributed by atoms with Crippen LogP contribution < -0.4 is 0 Å². The molecule has 0 saturated carbocycles. The van der Waals surface area contributed by atoms with Crippen LogP contribution in [0.1, 0.15) is 17.5 Å². The Morgan fingerprint density at radius 2 is 2.44 bits per heavy atom. The molecule has 2 rings (SSSR count). The number of furan rings is 1. The van der Waals surface area contributed by atoms with Gasteiger partial charge in [-0.05, 0) is 28.9 Å². The van der Waals surface area contributed by atoms with Crippen LogP contribution in [-0.4, -0.2) is 22.7 Å². The summed E-state index contributed by atoms with van der Waals surface area (Å²) in [5, 5.41) is 10.2. The maximum Gasteiger partial charge on any atom is 0.378 e. The standard InChI is InChI=1S/C10H8BrNO4/c1-2-15-10(14)9-8(13)5-3-7(11)12-4-6(5)16-9/h3-4,13H,2H2,1H3. The molecular weight excluding hydrogens is 278 g/mol. The first-order valence-corrected chi connectivity index (χ1v) is 5.37. The maximum atomic E-state index is 11.4. The number of carbonyl (C=O) groups excluding carboxylic acids is 1. The Balaban J connectivity index is 2.56. The van der Waals surface area contributed by atoms with E-state index >= 15 is 0 Å². The van der Waals surface area contributed by atoms with E-state index in [1.165, 1.54) is 6.20 Å². The molecule has 2 aromatic rings. The first-order chi connectivity index (χ1) is 7.63. The van der Waals surface area contributed by atoms with Crippen LogP contribution in [0.3, 0.4) is 0 Å². The molecule has 2 heterocycles. The van der Waals surface area contributed by atoms with Gasteiger partial charge in [0.05, 0.1) is 18.2 Å². The van der Waals surface area contributed by atoms with Crippen LogP contribution in [0.15, 0.2) is 21.3 Å². The van der Waals surface area contributed by atoms with Crippen molar-refractivity contribution in [3.63, 3.8) is 0 Å². The molecule has 0 amide bonds. The van der Waals surface area contributed by atoms with Crippen LogP contribution in [0.25, 0.3) is 11.0 Å². The van der Waals surface area contributed by atoms with Gasteiger partial charge in [0.1, 0.15) is 4.60 Å². The maximum absolute atomic E-state index is 11.4. The van der Waals surface area contributed by atoms with E-state index < -0.39 is 5.97 Å². The number of fused-ring (bicyclic) bond motifs is 1. The van der Waals surface area contributed by atoms with Gasteiger partial charge in [-0.15, -0.1) is 0 Å². The molecule has 0 aliphatic rings. The molecule has 0 aliphatic heterocycles. The lowest BCUT2D eigenvalue weighted by molar-refractivity contribution is 0.0488. The molecule has 84 valence electrons. The number of esters is 1. The Hall–Kier alpha value is -1.56. The summed E-state index contributed by atoms with van der Waals surface area (Å²) in [6.07, 6.45) is 1.42. The summed E-state index contributed by atoms with van der Waals surface area (Å²) in [4.78, 5) is 15.3. The fraction of sp³-hybridized carbons (Fsp3) is 0.200. The topological polar surface area (TPSA) is 72.6 Å². The van der Waals surface area contributed by atoms with Gasteiger partial charge in [0.25, 0.3) is 5.76 Å². The highest BCUT2D eigenvalue weighted by Crippen LogP contribution is 2.33. The van der Waals surface area contributed by atoms with Gasteiger partial charge in [-0.3, -0.25) is 0 Å². The van der Waals surface area contributed by atoms with Crippen LogP contribution in [0, 0.1) is 0 Å². The van der Waals surface area contributed by atoms with Crippen LogP contribution in [0.5, 0.6) is 5.75 Å². The van der Waals surface area contributed by atoms with Crippen molar-refractivity contribution in [1.29, 1.82) is 0 Å². The Labute approximate surface area is 99.2 Å². The summed E-state index contributed by atoms with van der Waals surface area (Å²) in [6.45, 7) is 1.90. The lowest BCUT2D eigenvalue weighted by Gasteiger charge is -1.97. The van der Waals surface area contributed by atoms with E-state index in [2.05, 4.69) is 20.9 Å². The van der Waals surface area contributed by atoms with E-state index in [-0.39, 0.29) is 18.1 Å². The minimum absolute atomic E-state index is 0.197. The van der Waals surface area contributed by atoms with Crippen molar-refractivity contribution in [2.45, 2.75) is 6.92 Å². The average molecular weight is 286 g/mol. The highest BCUT2D eigenvalue weighted by atomic mass is 79.9. The number of hydrogen-bond donors (Lipinski definition) is 1. The molecule has 1 N–H and O–H groups in total. The van der Waals surface area contributed by atoms with Crippen molar-refractivity contribution >= 4 is 32.9 Å². The van der Waals surface area contributed by atoms with Gasteiger partial charge in [-0.1, -0.05) is 0 Å². The Morgan fingerprint density at radius 1 is 1.69 bits per heavy atom. The summed E-state index contributed by atoms with van der Waals surface area (Å²) < 4.78 is 10.5. The number of ether oxygens (including phenoxy) is 1. The molecular formula is C10H8BrNO4. The highest BCUT2D eigenvalue weighted by molar-refractivity contribution is 9.10. The lowest BCUT2D eigenvalue weighted by Crippen LogP contribution is -2.02. The number of rotatable bonds is 2. The van der Waals surface area contributed by atoms with E-state index in [0.717, 1.165) is 0 Å². The van der Waals surface area contributed by atoms with E-state index in [4.69, 9.17) is 9.15 Å². The van der Waals surface area contributed by atoms with Gasteiger partial charge in [0.15, 0.2) is 11.3 Å². The summed E-state index contributed by atoms with van der Waals surface area (Å²) in [7, 11) is 0. The predicted octanol–water partition coefficient (Wildman–Crippen LogP) is 2.47.